The fourth-order valence-corrected chi connectivity index (χ4v) is 2.51. The van der Waals surface area contributed by atoms with Crippen LogP contribution in [0.15, 0.2) is 0 Å². The minimum absolute atomic E-state index is 0.817. The normalized spacial score (nSPS) is 18.2. The van der Waals surface area contributed by atoms with Crippen molar-refractivity contribution < 1.29 is 0 Å². The zero-order valence-electron chi connectivity index (χ0n) is 11.3. The SMILES string of the molecule is CCCCCN(C)CCNC1CCCCC1. The van der Waals surface area contributed by atoms with Crippen molar-refractivity contribution in [2.75, 3.05) is 26.7 Å². The van der Waals surface area contributed by atoms with E-state index in [1.807, 2.05) is 0 Å². The highest BCUT2D eigenvalue weighted by atomic mass is 15.1. The summed E-state index contributed by atoms with van der Waals surface area (Å²) in [6, 6.07) is 0.817. The van der Waals surface area contributed by atoms with Gasteiger partial charge in [-0.25, -0.2) is 0 Å². The molecule has 1 fully saturated rings. The third-order valence-corrected chi connectivity index (χ3v) is 3.68. The summed E-state index contributed by atoms with van der Waals surface area (Å²) in [6.07, 6.45) is 11.2. The van der Waals surface area contributed by atoms with Gasteiger partial charge in [0.25, 0.3) is 0 Å². The Bertz CT molecular complexity index is 153. The predicted molar refractivity (Wildman–Crippen MR) is 71.9 cm³/mol. The minimum Gasteiger partial charge on any atom is -0.313 e. The molecule has 2 nitrogen and oxygen atoms in total. The molecule has 0 aromatic rings. The number of hydrogen-bond acceptors (Lipinski definition) is 2. The molecule has 0 spiro atoms. The average Bonchev–Trinajstić information content (AvgIpc) is 2.31. The number of nitrogens with one attached hydrogen (secondary N) is 1. The Morgan fingerprint density at radius 2 is 1.81 bits per heavy atom. The Morgan fingerprint density at radius 3 is 2.50 bits per heavy atom. The monoisotopic (exact) mass is 226 g/mol. The maximum absolute atomic E-state index is 3.70. The van der Waals surface area contributed by atoms with E-state index in [2.05, 4.69) is 24.2 Å². The van der Waals surface area contributed by atoms with Crippen molar-refractivity contribution in [3.05, 3.63) is 0 Å². The van der Waals surface area contributed by atoms with Crippen LogP contribution in [0, 0.1) is 0 Å². The van der Waals surface area contributed by atoms with Crippen LogP contribution >= 0.6 is 0 Å². The van der Waals surface area contributed by atoms with Gasteiger partial charge < -0.3 is 10.2 Å². The summed E-state index contributed by atoms with van der Waals surface area (Å²) in [7, 11) is 2.25. The lowest BCUT2D eigenvalue weighted by atomic mass is 9.95. The molecule has 0 bridgehead atoms. The Labute approximate surface area is 102 Å². The highest BCUT2D eigenvalue weighted by molar-refractivity contribution is 4.72. The summed E-state index contributed by atoms with van der Waals surface area (Å²) in [6.45, 7) is 5.92. The molecule has 16 heavy (non-hydrogen) atoms. The lowest BCUT2D eigenvalue weighted by Gasteiger charge is -2.24. The van der Waals surface area contributed by atoms with Crippen LogP contribution < -0.4 is 5.32 Å². The first kappa shape index (κ1) is 14.0. The molecule has 0 aromatic carbocycles. The van der Waals surface area contributed by atoms with Crippen molar-refractivity contribution in [1.82, 2.24) is 10.2 Å². The molecule has 1 aliphatic rings. The fourth-order valence-electron chi connectivity index (χ4n) is 2.51. The zero-order valence-corrected chi connectivity index (χ0v) is 11.3. The van der Waals surface area contributed by atoms with E-state index in [4.69, 9.17) is 0 Å². The Hall–Kier alpha value is -0.0800. The lowest BCUT2D eigenvalue weighted by Crippen LogP contribution is -2.37. The number of hydrogen-bond donors (Lipinski definition) is 1. The van der Waals surface area contributed by atoms with Crippen LogP contribution in [0.1, 0.15) is 58.3 Å². The van der Waals surface area contributed by atoms with Gasteiger partial charge in [0.05, 0.1) is 0 Å². The molecule has 0 radical (unpaired) electrons. The minimum atomic E-state index is 0.817. The molecule has 0 heterocycles. The lowest BCUT2D eigenvalue weighted by molar-refractivity contribution is 0.301. The number of unbranched alkanes of at least 4 members (excludes halogenated alkanes) is 2. The zero-order chi connectivity index (χ0) is 11.6. The molecule has 1 N–H and O–H groups in total. The largest absolute Gasteiger partial charge is 0.313 e. The topological polar surface area (TPSA) is 15.3 Å². The number of rotatable bonds is 8. The molecule has 1 aliphatic carbocycles. The van der Waals surface area contributed by atoms with Crippen LogP contribution in [0.4, 0.5) is 0 Å². The van der Waals surface area contributed by atoms with Crippen molar-refractivity contribution in [2.45, 2.75) is 64.3 Å². The van der Waals surface area contributed by atoms with Crippen molar-refractivity contribution in [3.8, 4) is 0 Å². The number of likely N-dealkylation sites (N-methyl/N-ethyl adjacent to an activating group) is 1. The average molecular weight is 226 g/mol. The van der Waals surface area contributed by atoms with Crippen LogP contribution in [-0.2, 0) is 0 Å². The Kier molecular flexibility index (Phi) is 7.87. The highest BCUT2D eigenvalue weighted by Gasteiger charge is 2.11. The summed E-state index contributed by atoms with van der Waals surface area (Å²) in [5.74, 6) is 0. The van der Waals surface area contributed by atoms with Gasteiger partial charge in [-0.15, -0.1) is 0 Å². The molecule has 0 unspecified atom stereocenters. The number of nitrogens with zero attached hydrogens (tertiary/aromatic N) is 1. The van der Waals surface area contributed by atoms with Gasteiger partial charge >= 0.3 is 0 Å². The first-order valence-corrected chi connectivity index (χ1v) is 7.25. The molecular formula is C14H30N2. The molecule has 0 aromatic heterocycles. The second-order valence-electron chi connectivity index (χ2n) is 5.30. The fraction of sp³-hybridized carbons (Fsp3) is 1.00. The summed E-state index contributed by atoms with van der Waals surface area (Å²) in [4.78, 5) is 2.46. The van der Waals surface area contributed by atoms with E-state index in [1.54, 1.807) is 0 Å². The van der Waals surface area contributed by atoms with Gasteiger partial charge in [-0.3, -0.25) is 0 Å². The first-order chi connectivity index (χ1) is 7.83. The van der Waals surface area contributed by atoms with Gasteiger partial charge in [0.15, 0.2) is 0 Å². The van der Waals surface area contributed by atoms with E-state index in [0.29, 0.717) is 0 Å². The van der Waals surface area contributed by atoms with Crippen molar-refractivity contribution in [1.29, 1.82) is 0 Å². The molecular weight excluding hydrogens is 196 g/mol. The van der Waals surface area contributed by atoms with Crippen LogP contribution in [0.25, 0.3) is 0 Å². The standard InChI is InChI=1S/C14H30N2/c1-3-4-8-12-16(2)13-11-15-14-9-6-5-7-10-14/h14-15H,3-13H2,1-2H3. The summed E-state index contributed by atoms with van der Waals surface area (Å²) < 4.78 is 0. The second kappa shape index (κ2) is 9.00. The predicted octanol–water partition coefficient (Wildman–Crippen LogP) is 3.03. The van der Waals surface area contributed by atoms with Crippen LogP contribution in [-0.4, -0.2) is 37.6 Å². The van der Waals surface area contributed by atoms with Gasteiger partial charge in [0.1, 0.15) is 0 Å². The van der Waals surface area contributed by atoms with E-state index < -0.39 is 0 Å². The van der Waals surface area contributed by atoms with Gasteiger partial charge in [0.2, 0.25) is 0 Å². The molecule has 0 amide bonds. The van der Waals surface area contributed by atoms with Crippen molar-refractivity contribution >= 4 is 0 Å². The van der Waals surface area contributed by atoms with Crippen LogP contribution in [0.2, 0.25) is 0 Å². The maximum atomic E-state index is 3.70. The quantitative estimate of drug-likeness (QED) is 0.640. The third-order valence-electron chi connectivity index (χ3n) is 3.68. The molecule has 96 valence electrons. The molecule has 0 saturated heterocycles. The second-order valence-corrected chi connectivity index (χ2v) is 5.30. The Morgan fingerprint density at radius 1 is 1.06 bits per heavy atom. The summed E-state index contributed by atoms with van der Waals surface area (Å²) in [5, 5.41) is 3.70. The van der Waals surface area contributed by atoms with Crippen LogP contribution in [0.5, 0.6) is 0 Å². The maximum Gasteiger partial charge on any atom is 0.0104 e. The van der Waals surface area contributed by atoms with Gasteiger partial charge in [-0.05, 0) is 32.9 Å². The first-order valence-electron chi connectivity index (χ1n) is 7.25. The summed E-state index contributed by atoms with van der Waals surface area (Å²) in [5.41, 5.74) is 0. The Balaban J connectivity index is 1.92. The highest BCUT2D eigenvalue weighted by Crippen LogP contribution is 2.16. The van der Waals surface area contributed by atoms with E-state index >= 15 is 0 Å². The van der Waals surface area contributed by atoms with Crippen molar-refractivity contribution in [3.63, 3.8) is 0 Å². The van der Waals surface area contributed by atoms with Gasteiger partial charge in [-0.2, -0.15) is 0 Å². The summed E-state index contributed by atoms with van der Waals surface area (Å²) >= 11 is 0. The van der Waals surface area contributed by atoms with Gasteiger partial charge in [-0.1, -0.05) is 39.0 Å². The van der Waals surface area contributed by atoms with Crippen LogP contribution in [0.3, 0.4) is 0 Å². The molecule has 0 aliphatic heterocycles. The molecule has 0 atom stereocenters. The third kappa shape index (κ3) is 6.49. The smallest absolute Gasteiger partial charge is 0.0104 e. The van der Waals surface area contributed by atoms with E-state index in [-0.39, 0.29) is 0 Å². The van der Waals surface area contributed by atoms with Crippen molar-refractivity contribution in [2.24, 2.45) is 0 Å². The molecule has 2 heteroatoms. The molecule has 1 saturated carbocycles. The van der Waals surface area contributed by atoms with Gasteiger partial charge in [0, 0.05) is 19.1 Å². The van der Waals surface area contributed by atoms with E-state index in [0.717, 1.165) is 6.04 Å². The molecule has 1 rings (SSSR count). The van der Waals surface area contributed by atoms with E-state index in [9.17, 15) is 0 Å². The van der Waals surface area contributed by atoms with E-state index in [1.165, 1.54) is 71.0 Å².